The molecule has 0 aliphatic carbocycles. The molecular formula is C41H86N+. The van der Waals surface area contributed by atoms with E-state index in [2.05, 4.69) is 27.7 Å². The van der Waals surface area contributed by atoms with Gasteiger partial charge < -0.3 is 4.48 Å². The standard InChI is InChI=1S/C41H86N/c1-5-9-13-16-19-22-25-28-31-35-39-42(38-34-12-8-4,40-36-32-29-26-23-20-17-14-10-6-2)41-37-33-30-27-24-21-18-15-11-7-3/h5-41H2,1-4H3/q+1. The van der Waals surface area contributed by atoms with Crippen LogP contribution in [0.25, 0.3) is 0 Å². The molecule has 0 aromatic rings. The van der Waals surface area contributed by atoms with Crippen LogP contribution in [0.1, 0.15) is 240 Å². The van der Waals surface area contributed by atoms with E-state index >= 15 is 0 Å². The average Bonchev–Trinajstić information content (AvgIpc) is 3.00. The molecule has 0 aliphatic heterocycles. The van der Waals surface area contributed by atoms with Gasteiger partial charge in [0, 0.05) is 0 Å². The number of unbranched alkanes of at least 4 members (excludes halogenated alkanes) is 29. The van der Waals surface area contributed by atoms with Gasteiger partial charge in [-0.05, 0) is 51.4 Å². The van der Waals surface area contributed by atoms with Gasteiger partial charge in [-0.2, -0.15) is 0 Å². The maximum atomic E-state index is 2.39. The van der Waals surface area contributed by atoms with Crippen molar-refractivity contribution in [2.75, 3.05) is 26.2 Å². The van der Waals surface area contributed by atoms with Crippen LogP contribution in [0.5, 0.6) is 0 Å². The van der Waals surface area contributed by atoms with E-state index in [0.717, 1.165) is 0 Å². The molecule has 254 valence electrons. The molecular weight excluding hydrogens is 506 g/mol. The largest absolute Gasteiger partial charge is 0.324 e. The zero-order valence-electron chi connectivity index (χ0n) is 30.6. The summed E-state index contributed by atoms with van der Waals surface area (Å²) in [6.07, 6.45) is 48.2. The van der Waals surface area contributed by atoms with E-state index in [-0.39, 0.29) is 0 Å². The lowest BCUT2D eigenvalue weighted by Crippen LogP contribution is -2.50. The molecule has 0 N–H and O–H groups in total. The molecule has 0 fully saturated rings. The summed E-state index contributed by atoms with van der Waals surface area (Å²) < 4.78 is 1.48. The van der Waals surface area contributed by atoms with Crippen LogP contribution in [0.15, 0.2) is 0 Å². The number of rotatable bonds is 37. The monoisotopic (exact) mass is 593 g/mol. The summed E-state index contributed by atoms with van der Waals surface area (Å²) in [5.41, 5.74) is 0. The van der Waals surface area contributed by atoms with Crippen molar-refractivity contribution in [2.45, 2.75) is 240 Å². The van der Waals surface area contributed by atoms with Crippen LogP contribution in [0.4, 0.5) is 0 Å². The van der Waals surface area contributed by atoms with Crippen molar-refractivity contribution in [3.05, 3.63) is 0 Å². The van der Waals surface area contributed by atoms with Crippen LogP contribution >= 0.6 is 0 Å². The Labute approximate surface area is 269 Å². The average molecular weight is 593 g/mol. The van der Waals surface area contributed by atoms with Gasteiger partial charge in [-0.1, -0.05) is 188 Å². The van der Waals surface area contributed by atoms with Gasteiger partial charge in [0.2, 0.25) is 0 Å². The topological polar surface area (TPSA) is 0 Å². The molecule has 0 amide bonds. The lowest BCUT2D eigenvalue weighted by molar-refractivity contribution is -0.929. The minimum absolute atomic E-state index is 1.37. The Hall–Kier alpha value is -0.0400. The Kier molecular flexibility index (Phi) is 35.4. The Bertz CT molecular complexity index is 412. The van der Waals surface area contributed by atoms with Gasteiger partial charge in [-0.15, -0.1) is 0 Å². The van der Waals surface area contributed by atoms with Crippen LogP contribution in [0, 0.1) is 0 Å². The fourth-order valence-corrected chi connectivity index (χ4v) is 7.17. The number of quaternary nitrogens is 1. The molecule has 0 saturated heterocycles. The van der Waals surface area contributed by atoms with E-state index in [1.54, 1.807) is 0 Å². The van der Waals surface area contributed by atoms with Gasteiger partial charge in [0.1, 0.15) is 0 Å². The molecule has 0 aliphatic rings. The minimum Gasteiger partial charge on any atom is -0.324 e. The summed E-state index contributed by atoms with van der Waals surface area (Å²) in [4.78, 5) is 0. The van der Waals surface area contributed by atoms with Crippen molar-refractivity contribution >= 4 is 0 Å². The lowest BCUT2D eigenvalue weighted by Gasteiger charge is -2.39. The van der Waals surface area contributed by atoms with E-state index in [4.69, 9.17) is 0 Å². The molecule has 1 nitrogen and oxygen atoms in total. The van der Waals surface area contributed by atoms with E-state index in [1.807, 2.05) is 0 Å². The highest BCUT2D eigenvalue weighted by atomic mass is 15.3. The maximum Gasteiger partial charge on any atom is 0.0786 e. The Morgan fingerprint density at radius 2 is 0.333 bits per heavy atom. The van der Waals surface area contributed by atoms with Gasteiger partial charge in [-0.25, -0.2) is 0 Å². The quantitative estimate of drug-likeness (QED) is 0.0497. The number of hydrogen-bond donors (Lipinski definition) is 0. The second-order valence-electron chi connectivity index (χ2n) is 14.5. The smallest absolute Gasteiger partial charge is 0.0786 e. The van der Waals surface area contributed by atoms with E-state index in [9.17, 15) is 0 Å². The molecule has 0 aromatic heterocycles. The third kappa shape index (κ3) is 30.0. The Morgan fingerprint density at radius 3 is 0.548 bits per heavy atom. The first-order valence-corrected chi connectivity index (χ1v) is 20.6. The fourth-order valence-electron chi connectivity index (χ4n) is 7.17. The van der Waals surface area contributed by atoms with Gasteiger partial charge in [-0.3, -0.25) is 0 Å². The first kappa shape index (κ1) is 42.0. The number of nitrogens with zero attached hydrogens (tertiary/aromatic N) is 1. The van der Waals surface area contributed by atoms with Crippen molar-refractivity contribution < 1.29 is 4.48 Å². The SMILES string of the molecule is CCCCCCCCCCCC[N+](CCCCC)(CCCCCCCCCCCC)CCCCCCCCCCCC. The lowest BCUT2D eigenvalue weighted by atomic mass is 10.0. The van der Waals surface area contributed by atoms with Crippen LogP contribution < -0.4 is 0 Å². The summed E-state index contributed by atoms with van der Waals surface area (Å²) in [7, 11) is 0. The molecule has 0 bridgehead atoms. The van der Waals surface area contributed by atoms with Crippen LogP contribution in [-0.4, -0.2) is 30.7 Å². The van der Waals surface area contributed by atoms with Gasteiger partial charge >= 0.3 is 0 Å². The van der Waals surface area contributed by atoms with Crippen molar-refractivity contribution in [1.82, 2.24) is 0 Å². The Morgan fingerprint density at radius 1 is 0.190 bits per heavy atom. The zero-order valence-corrected chi connectivity index (χ0v) is 30.6. The van der Waals surface area contributed by atoms with E-state index < -0.39 is 0 Å². The van der Waals surface area contributed by atoms with Crippen molar-refractivity contribution in [2.24, 2.45) is 0 Å². The summed E-state index contributed by atoms with van der Waals surface area (Å²) in [6, 6.07) is 0. The van der Waals surface area contributed by atoms with Crippen LogP contribution in [-0.2, 0) is 0 Å². The summed E-state index contributed by atoms with van der Waals surface area (Å²) in [5.74, 6) is 0. The second-order valence-corrected chi connectivity index (χ2v) is 14.5. The summed E-state index contributed by atoms with van der Waals surface area (Å²) >= 11 is 0. The maximum absolute atomic E-state index is 2.39. The molecule has 0 heterocycles. The zero-order chi connectivity index (χ0) is 30.7. The summed E-state index contributed by atoms with van der Waals surface area (Å²) in [6.45, 7) is 15.3. The molecule has 0 radical (unpaired) electrons. The molecule has 0 aromatic carbocycles. The predicted octanol–water partition coefficient (Wildman–Crippen LogP) is 14.8. The number of hydrogen-bond acceptors (Lipinski definition) is 0. The van der Waals surface area contributed by atoms with Crippen molar-refractivity contribution in [1.29, 1.82) is 0 Å². The van der Waals surface area contributed by atoms with Gasteiger partial charge in [0.15, 0.2) is 0 Å². The molecule has 42 heavy (non-hydrogen) atoms. The van der Waals surface area contributed by atoms with E-state index in [0.29, 0.717) is 0 Å². The molecule has 0 saturated carbocycles. The molecule has 0 atom stereocenters. The summed E-state index contributed by atoms with van der Waals surface area (Å²) in [5, 5.41) is 0. The van der Waals surface area contributed by atoms with E-state index in [1.165, 1.54) is 243 Å². The van der Waals surface area contributed by atoms with Gasteiger partial charge in [0.05, 0.1) is 26.2 Å². The highest BCUT2D eigenvalue weighted by molar-refractivity contribution is 4.55. The normalized spacial score (nSPS) is 12.0. The van der Waals surface area contributed by atoms with Gasteiger partial charge in [0.25, 0.3) is 0 Å². The molecule has 0 unspecified atom stereocenters. The highest BCUT2D eigenvalue weighted by Gasteiger charge is 2.25. The molecule has 0 spiro atoms. The first-order chi connectivity index (χ1) is 20.7. The molecule has 1 heteroatoms. The highest BCUT2D eigenvalue weighted by Crippen LogP contribution is 2.21. The first-order valence-electron chi connectivity index (χ1n) is 20.6. The van der Waals surface area contributed by atoms with Crippen LogP contribution in [0.2, 0.25) is 0 Å². The van der Waals surface area contributed by atoms with Crippen molar-refractivity contribution in [3.8, 4) is 0 Å². The third-order valence-electron chi connectivity index (χ3n) is 10.2. The van der Waals surface area contributed by atoms with Crippen molar-refractivity contribution in [3.63, 3.8) is 0 Å². The molecule has 0 rings (SSSR count). The third-order valence-corrected chi connectivity index (χ3v) is 10.2. The predicted molar refractivity (Wildman–Crippen MR) is 195 cm³/mol. The minimum atomic E-state index is 1.37. The Balaban J connectivity index is 4.57. The van der Waals surface area contributed by atoms with Crippen LogP contribution in [0.3, 0.4) is 0 Å². The fraction of sp³-hybridized carbons (Fsp3) is 1.00. The second kappa shape index (κ2) is 35.4.